The predicted molar refractivity (Wildman–Crippen MR) is 83.2 cm³/mol. The molecule has 8 nitrogen and oxygen atoms in total. The first kappa shape index (κ1) is 14.9. The molecule has 4 atom stereocenters. The molecule has 3 aliphatic rings. The smallest absolute Gasteiger partial charge is 0.277 e. The lowest BCUT2D eigenvalue weighted by Gasteiger charge is -2.23. The Morgan fingerprint density at radius 1 is 1.38 bits per heavy atom. The Kier molecular flexibility index (Phi) is 2.78. The molecule has 1 saturated carbocycles. The average molecular weight is 342 g/mol. The molecule has 1 aromatic rings. The third-order valence-corrected chi connectivity index (χ3v) is 6.45. The van der Waals surface area contributed by atoms with Gasteiger partial charge in [0.05, 0.1) is 23.7 Å². The van der Waals surface area contributed by atoms with Crippen molar-refractivity contribution in [3.8, 4) is 12.1 Å². The highest BCUT2D eigenvalue weighted by molar-refractivity contribution is 8.00. The van der Waals surface area contributed by atoms with E-state index < -0.39 is 26.7 Å². The Morgan fingerprint density at radius 3 is 2.58 bits per heavy atom. The first-order valence-corrected chi connectivity index (χ1v) is 8.23. The molecule has 4 rings (SSSR count). The van der Waals surface area contributed by atoms with Gasteiger partial charge in [0, 0.05) is 23.8 Å². The molecule has 9 heteroatoms. The van der Waals surface area contributed by atoms with Crippen LogP contribution in [-0.2, 0) is 4.74 Å². The van der Waals surface area contributed by atoms with Gasteiger partial charge in [-0.05, 0) is 5.56 Å². The summed E-state index contributed by atoms with van der Waals surface area (Å²) < 4.78 is 5.83. The number of nitrogens with one attached hydrogen (secondary N) is 1. The molecule has 0 amide bonds. The first-order valence-electron chi connectivity index (χ1n) is 7.25. The Hall–Kier alpha value is -2.62. The summed E-state index contributed by atoms with van der Waals surface area (Å²) in [7, 11) is 0. The number of non-ortho nitro benzene ring substituents is 1. The zero-order chi connectivity index (χ0) is 17.2. The van der Waals surface area contributed by atoms with Crippen LogP contribution in [0.3, 0.4) is 0 Å². The number of ether oxygens (including phenoxy) is 1. The van der Waals surface area contributed by atoms with E-state index in [1.807, 2.05) is 0 Å². The van der Waals surface area contributed by atoms with E-state index in [-0.39, 0.29) is 11.5 Å². The summed E-state index contributed by atoms with van der Waals surface area (Å²) in [4.78, 5) is 13.4. The fraction of sp³-hybridized carbons (Fsp3) is 0.400. The molecule has 1 spiro atoms. The number of fused-ring (bicyclic) bond motifs is 2. The largest absolute Gasteiger partial charge is 0.327 e. The maximum atomic E-state index is 10.8. The van der Waals surface area contributed by atoms with Gasteiger partial charge in [0.1, 0.15) is 0 Å². The second-order valence-corrected chi connectivity index (χ2v) is 7.25. The number of amidine groups is 1. The van der Waals surface area contributed by atoms with Gasteiger partial charge in [0.25, 0.3) is 16.6 Å². The van der Waals surface area contributed by atoms with E-state index in [0.717, 1.165) is 0 Å². The van der Waals surface area contributed by atoms with Crippen LogP contribution in [-0.4, -0.2) is 28.2 Å². The number of rotatable bonds is 2. The van der Waals surface area contributed by atoms with Crippen LogP contribution in [0, 0.1) is 43.6 Å². The number of nitrogens with two attached hydrogens (primary N) is 1. The van der Waals surface area contributed by atoms with E-state index in [9.17, 15) is 20.6 Å². The van der Waals surface area contributed by atoms with Gasteiger partial charge in [-0.15, -0.1) is 0 Å². The van der Waals surface area contributed by atoms with Gasteiger partial charge in [0.15, 0.2) is 10.8 Å². The van der Waals surface area contributed by atoms with Crippen LogP contribution in [0.4, 0.5) is 5.69 Å². The molecule has 1 aliphatic carbocycles. The summed E-state index contributed by atoms with van der Waals surface area (Å²) in [6.45, 7) is 0.461. The molecule has 2 fully saturated rings. The molecule has 1 aromatic carbocycles. The number of nitrogens with zero attached hydrogens (tertiary/aromatic N) is 3. The number of nitriles is 2. The topological polar surface area (TPSA) is 140 Å². The number of benzene rings is 1. The van der Waals surface area contributed by atoms with Crippen molar-refractivity contribution >= 4 is 23.3 Å². The van der Waals surface area contributed by atoms with Gasteiger partial charge in [-0.2, -0.15) is 10.5 Å². The van der Waals surface area contributed by atoms with Gasteiger partial charge in [-0.1, -0.05) is 23.9 Å². The van der Waals surface area contributed by atoms with E-state index in [4.69, 9.17) is 10.5 Å². The highest BCUT2D eigenvalue weighted by Gasteiger charge is 2.96. The number of hydrogen-bond acceptors (Lipinski definition) is 7. The van der Waals surface area contributed by atoms with E-state index in [1.165, 1.54) is 23.9 Å². The highest BCUT2D eigenvalue weighted by Crippen LogP contribution is 2.80. The summed E-state index contributed by atoms with van der Waals surface area (Å²) >= 11 is 1.43. The van der Waals surface area contributed by atoms with E-state index in [1.54, 1.807) is 12.1 Å². The van der Waals surface area contributed by atoms with Crippen LogP contribution in [0.15, 0.2) is 24.3 Å². The van der Waals surface area contributed by atoms with Gasteiger partial charge >= 0.3 is 0 Å². The van der Waals surface area contributed by atoms with Crippen LogP contribution in [0.25, 0.3) is 0 Å². The van der Waals surface area contributed by atoms with Gasteiger partial charge < -0.3 is 4.74 Å². The second kappa shape index (κ2) is 4.47. The standard InChI is InChI=1S/C15H11N5O3S/c16-7-13-11(9-1-3-10(4-2-9)20(21)22)14(13,8-17)15(19-12(13)18)23-5-6-24-15/h1-4,11H,5-6H2,(H2,18,19)/p+1/t11-,13+,14+,15+/m0/s1. The fourth-order valence-corrected chi connectivity index (χ4v) is 5.46. The zero-order valence-corrected chi connectivity index (χ0v) is 13.2. The Morgan fingerprint density at radius 2 is 2.08 bits per heavy atom. The summed E-state index contributed by atoms with van der Waals surface area (Å²) in [5, 5.41) is 29.6. The van der Waals surface area contributed by atoms with Crippen LogP contribution >= 0.6 is 11.8 Å². The molecule has 24 heavy (non-hydrogen) atoms. The maximum absolute atomic E-state index is 10.8. The molecular formula is C15H12N5O3S+. The van der Waals surface area contributed by atoms with Crippen molar-refractivity contribution in [1.29, 1.82) is 10.5 Å². The zero-order valence-electron chi connectivity index (χ0n) is 12.4. The molecule has 120 valence electrons. The maximum Gasteiger partial charge on any atom is 0.277 e. The number of nitro benzene ring substituents is 1. The first-order chi connectivity index (χ1) is 11.5. The molecule has 1 saturated heterocycles. The Bertz CT molecular complexity index is 865. The molecular weight excluding hydrogens is 330 g/mol. The van der Waals surface area contributed by atoms with E-state index in [2.05, 4.69) is 17.1 Å². The van der Waals surface area contributed by atoms with Crippen molar-refractivity contribution in [1.82, 2.24) is 0 Å². The van der Waals surface area contributed by atoms with Crippen molar-refractivity contribution < 1.29 is 14.7 Å². The lowest BCUT2D eigenvalue weighted by Crippen LogP contribution is -2.88. The van der Waals surface area contributed by atoms with Crippen LogP contribution in [0.1, 0.15) is 11.5 Å². The SMILES string of the molecule is N#C[C@@]12[C@@H](c3ccc([N+](=O)[O-])cc3)[C@]1(C#N)C(N)=[NH+][C@@]21OCCS1. The van der Waals surface area contributed by atoms with Crippen LogP contribution in [0.5, 0.6) is 0 Å². The lowest BCUT2D eigenvalue weighted by atomic mass is 9.95. The van der Waals surface area contributed by atoms with Crippen molar-refractivity contribution in [2.24, 2.45) is 16.6 Å². The lowest BCUT2D eigenvalue weighted by molar-refractivity contribution is -0.583. The summed E-state index contributed by atoms with van der Waals surface area (Å²) in [5.41, 5.74) is 4.39. The molecule has 3 N–H and O–H groups in total. The second-order valence-electron chi connectivity index (χ2n) is 5.97. The normalized spacial score (nSPS) is 38.9. The minimum atomic E-state index is -1.20. The molecule has 0 radical (unpaired) electrons. The number of thioether (sulfide) groups is 1. The molecule has 2 heterocycles. The van der Waals surface area contributed by atoms with Crippen LogP contribution < -0.4 is 10.7 Å². The predicted octanol–water partition coefficient (Wildman–Crippen LogP) is -0.419. The Labute approximate surface area is 141 Å². The molecule has 0 bridgehead atoms. The molecule has 0 unspecified atom stereocenters. The number of hydrogen-bond donors (Lipinski definition) is 2. The quantitative estimate of drug-likeness (QED) is 0.549. The monoisotopic (exact) mass is 342 g/mol. The highest BCUT2D eigenvalue weighted by atomic mass is 32.2. The Balaban J connectivity index is 1.86. The van der Waals surface area contributed by atoms with Gasteiger partial charge in [-0.3, -0.25) is 15.8 Å². The van der Waals surface area contributed by atoms with Crippen molar-refractivity contribution in [3.05, 3.63) is 39.9 Å². The summed E-state index contributed by atoms with van der Waals surface area (Å²) in [5.74, 6) is 0.426. The minimum absolute atomic E-state index is 0.0437. The summed E-state index contributed by atoms with van der Waals surface area (Å²) in [6.07, 6.45) is 0. The molecule has 2 aliphatic heterocycles. The summed E-state index contributed by atoms with van der Waals surface area (Å²) in [6, 6.07) is 10.4. The minimum Gasteiger partial charge on any atom is -0.327 e. The molecule has 0 aromatic heterocycles. The van der Waals surface area contributed by atoms with Gasteiger partial charge in [-0.25, -0.2) is 4.99 Å². The van der Waals surface area contributed by atoms with E-state index in [0.29, 0.717) is 17.9 Å². The van der Waals surface area contributed by atoms with Crippen molar-refractivity contribution in [3.63, 3.8) is 0 Å². The van der Waals surface area contributed by atoms with Crippen LogP contribution in [0.2, 0.25) is 0 Å². The average Bonchev–Trinajstić information content (AvgIpc) is 2.84. The van der Waals surface area contributed by atoms with Crippen molar-refractivity contribution in [2.75, 3.05) is 12.4 Å². The third-order valence-electron chi connectivity index (χ3n) is 5.13. The van der Waals surface area contributed by atoms with Crippen molar-refractivity contribution in [2.45, 2.75) is 11.0 Å². The fourth-order valence-electron chi connectivity index (χ4n) is 4.11. The number of nitro groups is 1. The van der Waals surface area contributed by atoms with E-state index >= 15 is 0 Å². The van der Waals surface area contributed by atoms with Gasteiger partial charge in [0.2, 0.25) is 0 Å². The third kappa shape index (κ3) is 1.36.